The van der Waals surface area contributed by atoms with Crippen LogP contribution in [0.1, 0.15) is 0 Å². The van der Waals surface area contributed by atoms with Crippen molar-refractivity contribution >= 4 is 23.2 Å². The van der Waals surface area contributed by atoms with Crippen LogP contribution in [-0.4, -0.2) is 18.7 Å². The molecule has 0 atom stereocenters. The van der Waals surface area contributed by atoms with Gasteiger partial charge >= 0.3 is 0 Å². The Hall–Kier alpha value is -1.13. The van der Waals surface area contributed by atoms with Gasteiger partial charge in [0.2, 0.25) is 0 Å². The van der Waals surface area contributed by atoms with Gasteiger partial charge in [0.25, 0.3) is 5.91 Å². The van der Waals surface area contributed by atoms with E-state index < -0.39 is 5.91 Å². The smallest absolute Gasteiger partial charge is 0.283 e. The first-order valence-electron chi connectivity index (χ1n) is 3.13. The summed E-state index contributed by atoms with van der Waals surface area (Å²) in [6, 6.07) is 0. The Morgan fingerprint density at radius 2 is 2.33 bits per heavy atom. The molecule has 0 aromatic carbocycles. The number of allylic oxidation sites excluding steroid dienone is 2. The van der Waals surface area contributed by atoms with Crippen LogP contribution in [0.3, 0.4) is 0 Å². The number of nitrogens with one attached hydrogen (secondary N) is 1. The lowest BCUT2D eigenvalue weighted by atomic mass is 10.3. The summed E-state index contributed by atoms with van der Waals surface area (Å²) >= 11 is 5.58. The van der Waals surface area contributed by atoms with Crippen LogP contribution in [0.15, 0.2) is 28.8 Å². The van der Waals surface area contributed by atoms with Crippen LogP contribution in [-0.2, 0) is 4.79 Å². The number of hydrazine groups is 1. The van der Waals surface area contributed by atoms with E-state index in [1.165, 1.54) is 19.2 Å². The molecule has 0 saturated heterocycles. The molecule has 0 rings (SSSR count). The molecule has 0 aliphatic rings. The first-order chi connectivity index (χ1) is 5.65. The van der Waals surface area contributed by atoms with Gasteiger partial charge in [0.1, 0.15) is 5.71 Å². The van der Waals surface area contributed by atoms with Gasteiger partial charge in [-0.25, -0.2) is 5.84 Å². The molecule has 0 saturated carbocycles. The molecule has 0 spiro atoms. The van der Waals surface area contributed by atoms with Crippen molar-refractivity contribution in [2.75, 3.05) is 7.05 Å². The molecule has 0 aliphatic carbocycles. The van der Waals surface area contributed by atoms with E-state index in [0.29, 0.717) is 5.03 Å². The van der Waals surface area contributed by atoms with Crippen LogP contribution in [0, 0.1) is 0 Å². The molecular weight excluding hydrogens is 178 g/mol. The first kappa shape index (κ1) is 10.9. The second-order valence-corrected chi connectivity index (χ2v) is 2.25. The molecule has 0 heterocycles. The Morgan fingerprint density at radius 3 is 2.67 bits per heavy atom. The van der Waals surface area contributed by atoms with E-state index in [1.807, 2.05) is 5.43 Å². The fourth-order valence-electron chi connectivity index (χ4n) is 0.495. The third-order valence-corrected chi connectivity index (χ3v) is 1.34. The average molecular weight is 188 g/mol. The van der Waals surface area contributed by atoms with Gasteiger partial charge in [0.15, 0.2) is 0 Å². The minimum absolute atomic E-state index is 0.155. The highest BCUT2D eigenvalue weighted by atomic mass is 35.5. The number of carbonyl (C=O) groups excluding carboxylic acids is 1. The summed E-state index contributed by atoms with van der Waals surface area (Å²) in [5, 5.41) is 0.333. The maximum Gasteiger partial charge on any atom is 0.283 e. The zero-order valence-corrected chi connectivity index (χ0v) is 7.43. The highest BCUT2D eigenvalue weighted by Crippen LogP contribution is 2.01. The van der Waals surface area contributed by atoms with Gasteiger partial charge in [-0.3, -0.25) is 15.2 Å². The summed E-state index contributed by atoms with van der Waals surface area (Å²) in [7, 11) is 1.47. The van der Waals surface area contributed by atoms with Crippen LogP contribution in [0.25, 0.3) is 0 Å². The van der Waals surface area contributed by atoms with Crippen molar-refractivity contribution in [3.63, 3.8) is 0 Å². The number of amides is 1. The molecule has 0 aromatic rings. The van der Waals surface area contributed by atoms with Gasteiger partial charge in [0.05, 0.1) is 0 Å². The molecular formula is C7H10ClN3O. The van der Waals surface area contributed by atoms with Crippen LogP contribution < -0.4 is 11.3 Å². The second kappa shape index (κ2) is 5.51. The standard InChI is InChI=1S/C7H10ClN3O/c1-3-5(8)4-6(10-2)7(12)11-9/h3-4H,1,9H2,2H3,(H,11,12)/b5-4+,10-6?. The van der Waals surface area contributed by atoms with E-state index in [1.54, 1.807) is 0 Å². The molecule has 66 valence electrons. The average Bonchev–Trinajstić information content (AvgIpc) is 2.12. The lowest BCUT2D eigenvalue weighted by Gasteiger charge is -1.97. The van der Waals surface area contributed by atoms with Gasteiger partial charge in [-0.1, -0.05) is 24.3 Å². The minimum Gasteiger partial charge on any atom is -0.289 e. The van der Waals surface area contributed by atoms with Crippen molar-refractivity contribution in [2.45, 2.75) is 0 Å². The molecule has 12 heavy (non-hydrogen) atoms. The minimum atomic E-state index is -0.488. The third kappa shape index (κ3) is 3.32. The van der Waals surface area contributed by atoms with Crippen molar-refractivity contribution in [1.82, 2.24) is 5.43 Å². The predicted octanol–water partition coefficient (Wildman–Crippen LogP) is 0.356. The molecule has 5 heteroatoms. The molecule has 0 unspecified atom stereocenters. The van der Waals surface area contributed by atoms with E-state index >= 15 is 0 Å². The van der Waals surface area contributed by atoms with E-state index in [2.05, 4.69) is 11.6 Å². The van der Waals surface area contributed by atoms with E-state index in [4.69, 9.17) is 17.4 Å². The van der Waals surface area contributed by atoms with Gasteiger partial charge < -0.3 is 0 Å². The Balaban J connectivity index is 4.61. The Kier molecular flexibility index (Phi) is 4.99. The predicted molar refractivity (Wildman–Crippen MR) is 49.8 cm³/mol. The first-order valence-corrected chi connectivity index (χ1v) is 3.50. The quantitative estimate of drug-likeness (QED) is 0.220. The van der Waals surface area contributed by atoms with Crippen molar-refractivity contribution in [3.05, 3.63) is 23.8 Å². The van der Waals surface area contributed by atoms with Crippen molar-refractivity contribution in [2.24, 2.45) is 10.8 Å². The van der Waals surface area contributed by atoms with Crippen LogP contribution in [0.4, 0.5) is 0 Å². The number of hydrogen-bond acceptors (Lipinski definition) is 3. The summed E-state index contributed by atoms with van der Waals surface area (Å²) in [5.41, 5.74) is 2.09. The zero-order chi connectivity index (χ0) is 9.56. The lowest BCUT2D eigenvalue weighted by Crippen LogP contribution is -2.35. The Labute approximate surface area is 75.8 Å². The molecule has 4 nitrogen and oxygen atoms in total. The van der Waals surface area contributed by atoms with Crippen LogP contribution >= 0.6 is 11.6 Å². The van der Waals surface area contributed by atoms with Crippen LogP contribution in [0.5, 0.6) is 0 Å². The Morgan fingerprint density at radius 1 is 1.75 bits per heavy atom. The van der Waals surface area contributed by atoms with E-state index in [-0.39, 0.29) is 5.71 Å². The second-order valence-electron chi connectivity index (χ2n) is 1.82. The summed E-state index contributed by atoms with van der Waals surface area (Å²) in [6.07, 6.45) is 2.77. The summed E-state index contributed by atoms with van der Waals surface area (Å²) in [5.74, 6) is 4.40. The normalized spacial score (nSPS) is 12.6. The van der Waals surface area contributed by atoms with E-state index in [9.17, 15) is 4.79 Å². The van der Waals surface area contributed by atoms with E-state index in [0.717, 1.165) is 0 Å². The number of halogens is 1. The topological polar surface area (TPSA) is 67.5 Å². The summed E-state index contributed by atoms with van der Waals surface area (Å²) in [6.45, 7) is 3.41. The highest BCUT2D eigenvalue weighted by molar-refractivity contribution is 6.46. The molecule has 0 radical (unpaired) electrons. The molecule has 0 aliphatic heterocycles. The number of nitrogens with zero attached hydrogens (tertiary/aromatic N) is 1. The monoisotopic (exact) mass is 187 g/mol. The van der Waals surface area contributed by atoms with Crippen molar-refractivity contribution in [1.29, 1.82) is 0 Å². The highest BCUT2D eigenvalue weighted by Gasteiger charge is 2.04. The Bertz CT molecular complexity index is 245. The van der Waals surface area contributed by atoms with Gasteiger partial charge in [-0.15, -0.1) is 0 Å². The molecule has 0 bridgehead atoms. The van der Waals surface area contributed by atoms with Gasteiger partial charge in [-0.05, 0) is 6.08 Å². The largest absolute Gasteiger partial charge is 0.289 e. The molecule has 1 amide bonds. The number of nitrogens with two attached hydrogens (primary N) is 1. The number of rotatable bonds is 3. The number of aliphatic imine (C=N–C) groups is 1. The van der Waals surface area contributed by atoms with Gasteiger partial charge in [0, 0.05) is 12.1 Å². The van der Waals surface area contributed by atoms with Crippen molar-refractivity contribution in [3.8, 4) is 0 Å². The molecule has 0 aromatic heterocycles. The fraction of sp³-hybridized carbons (Fsp3) is 0.143. The number of carbonyl (C=O) groups is 1. The van der Waals surface area contributed by atoms with Crippen molar-refractivity contribution < 1.29 is 4.79 Å². The number of hydrogen-bond donors (Lipinski definition) is 2. The lowest BCUT2D eigenvalue weighted by molar-refractivity contribution is -0.114. The maximum atomic E-state index is 10.9. The van der Waals surface area contributed by atoms with Gasteiger partial charge in [-0.2, -0.15) is 0 Å². The fourth-order valence-corrected chi connectivity index (χ4v) is 0.598. The summed E-state index contributed by atoms with van der Waals surface area (Å²) < 4.78 is 0. The molecule has 0 fully saturated rings. The third-order valence-electron chi connectivity index (χ3n) is 1.07. The molecule has 3 N–H and O–H groups in total. The van der Waals surface area contributed by atoms with Crippen LogP contribution in [0.2, 0.25) is 0 Å². The zero-order valence-electron chi connectivity index (χ0n) is 6.67. The maximum absolute atomic E-state index is 10.9. The SMILES string of the molecule is C=C/C(Cl)=C\C(=NC)C(=O)NN. The summed E-state index contributed by atoms with van der Waals surface area (Å²) in [4.78, 5) is 14.6.